The van der Waals surface area contributed by atoms with Crippen molar-refractivity contribution >= 4 is 17.1 Å². The predicted molar refractivity (Wildman–Crippen MR) is 51.6 cm³/mol. The van der Waals surface area contributed by atoms with E-state index >= 15 is 0 Å². The minimum absolute atomic E-state index is 0.0725. The van der Waals surface area contributed by atoms with Crippen LogP contribution in [0, 0.1) is 17.8 Å². The molecule has 1 saturated heterocycles. The van der Waals surface area contributed by atoms with E-state index in [9.17, 15) is 4.79 Å². The first-order chi connectivity index (χ1) is 6.33. The van der Waals surface area contributed by atoms with Gasteiger partial charge in [-0.25, -0.2) is 4.79 Å². The monoisotopic (exact) mass is 196 g/mol. The quantitative estimate of drug-likeness (QED) is 0.476. The van der Waals surface area contributed by atoms with Crippen LogP contribution in [0.15, 0.2) is 12.2 Å². The number of carbonyl (C=O) groups excluding carboxylic acids is 1. The lowest BCUT2D eigenvalue weighted by Crippen LogP contribution is -2.25. The third-order valence-corrected chi connectivity index (χ3v) is 4.25. The van der Waals surface area contributed by atoms with Gasteiger partial charge in [-0.1, -0.05) is 12.2 Å². The minimum Gasteiger partial charge on any atom is -0.453 e. The van der Waals surface area contributed by atoms with E-state index in [1.807, 2.05) is 0 Å². The van der Waals surface area contributed by atoms with Gasteiger partial charge in [0.1, 0.15) is 6.10 Å². The number of hydrogen-bond donors (Lipinski definition) is 0. The molecule has 2 nitrogen and oxygen atoms in total. The number of thioether (sulfide) groups is 1. The Bertz CT molecular complexity index is 274. The van der Waals surface area contributed by atoms with Crippen molar-refractivity contribution in [2.45, 2.75) is 18.9 Å². The van der Waals surface area contributed by atoms with Crippen molar-refractivity contribution in [2.75, 3.05) is 5.75 Å². The second-order valence-corrected chi connectivity index (χ2v) is 5.12. The SMILES string of the molecule is O=C1OC(C2CC3C=CC2C3)CS1. The first-order valence-electron chi connectivity index (χ1n) is 4.84. The summed E-state index contributed by atoms with van der Waals surface area (Å²) < 4.78 is 5.29. The van der Waals surface area contributed by atoms with Crippen LogP contribution in [-0.2, 0) is 4.74 Å². The van der Waals surface area contributed by atoms with Crippen LogP contribution in [0.2, 0.25) is 0 Å². The maximum Gasteiger partial charge on any atom is 0.367 e. The normalized spacial score (nSPS) is 47.2. The summed E-state index contributed by atoms with van der Waals surface area (Å²) in [5, 5.41) is -0.0725. The molecule has 2 bridgehead atoms. The van der Waals surface area contributed by atoms with Gasteiger partial charge in [-0.3, -0.25) is 0 Å². The molecule has 4 atom stereocenters. The topological polar surface area (TPSA) is 26.3 Å². The molecule has 0 amide bonds. The highest BCUT2D eigenvalue weighted by atomic mass is 32.2. The maximum absolute atomic E-state index is 10.9. The molecule has 1 saturated carbocycles. The summed E-state index contributed by atoms with van der Waals surface area (Å²) in [6, 6.07) is 0. The highest BCUT2D eigenvalue weighted by Crippen LogP contribution is 2.47. The van der Waals surface area contributed by atoms with Crippen molar-refractivity contribution in [3.05, 3.63) is 12.2 Å². The third-order valence-electron chi connectivity index (χ3n) is 3.42. The van der Waals surface area contributed by atoms with E-state index in [4.69, 9.17) is 4.74 Å². The standard InChI is InChI=1S/C10H12O2S/c11-10-12-9(5-13-10)8-4-6-1-2-7(8)3-6/h1-2,6-9H,3-5H2. The lowest BCUT2D eigenvalue weighted by Gasteiger charge is -2.22. The van der Waals surface area contributed by atoms with Crippen LogP contribution < -0.4 is 0 Å². The molecule has 3 heteroatoms. The number of carbonyl (C=O) groups is 1. The summed E-state index contributed by atoms with van der Waals surface area (Å²) in [6.45, 7) is 0. The number of fused-ring (bicyclic) bond motifs is 2. The second-order valence-electron chi connectivity index (χ2n) is 4.16. The van der Waals surface area contributed by atoms with Crippen LogP contribution in [0.1, 0.15) is 12.8 Å². The Kier molecular flexibility index (Phi) is 1.69. The van der Waals surface area contributed by atoms with E-state index in [-0.39, 0.29) is 11.4 Å². The van der Waals surface area contributed by atoms with Crippen LogP contribution in [0.5, 0.6) is 0 Å². The first-order valence-corrected chi connectivity index (χ1v) is 5.83. The Morgan fingerprint density at radius 3 is 2.85 bits per heavy atom. The van der Waals surface area contributed by atoms with Gasteiger partial charge in [0.2, 0.25) is 0 Å². The molecule has 13 heavy (non-hydrogen) atoms. The summed E-state index contributed by atoms with van der Waals surface area (Å²) >= 11 is 1.33. The molecule has 0 aromatic carbocycles. The van der Waals surface area contributed by atoms with Crippen LogP contribution in [-0.4, -0.2) is 17.2 Å². The van der Waals surface area contributed by atoms with Gasteiger partial charge in [0.05, 0.1) is 0 Å². The van der Waals surface area contributed by atoms with Crippen molar-refractivity contribution in [2.24, 2.45) is 17.8 Å². The third kappa shape index (κ3) is 1.21. The Labute approximate surface area is 81.7 Å². The van der Waals surface area contributed by atoms with Crippen molar-refractivity contribution in [3.63, 3.8) is 0 Å². The Hall–Kier alpha value is -0.440. The Morgan fingerprint density at radius 1 is 1.38 bits per heavy atom. The highest BCUT2D eigenvalue weighted by Gasteiger charge is 2.43. The average molecular weight is 196 g/mol. The zero-order chi connectivity index (χ0) is 8.84. The van der Waals surface area contributed by atoms with Gasteiger partial charge in [0.25, 0.3) is 0 Å². The van der Waals surface area contributed by atoms with Gasteiger partial charge >= 0.3 is 5.30 Å². The molecule has 1 heterocycles. The number of hydrogen-bond acceptors (Lipinski definition) is 3. The molecule has 0 radical (unpaired) electrons. The highest BCUT2D eigenvalue weighted by molar-refractivity contribution is 8.13. The summed E-state index contributed by atoms with van der Waals surface area (Å²) in [6.07, 6.45) is 7.38. The molecule has 0 N–H and O–H groups in total. The summed E-state index contributed by atoms with van der Waals surface area (Å²) in [4.78, 5) is 10.9. The largest absolute Gasteiger partial charge is 0.453 e. The molecule has 0 aromatic rings. The van der Waals surface area contributed by atoms with Crippen molar-refractivity contribution in [3.8, 4) is 0 Å². The number of allylic oxidation sites excluding steroid dienone is 2. The smallest absolute Gasteiger partial charge is 0.367 e. The second kappa shape index (κ2) is 2.77. The van der Waals surface area contributed by atoms with Crippen LogP contribution in [0.4, 0.5) is 4.79 Å². The van der Waals surface area contributed by atoms with E-state index in [1.165, 1.54) is 24.6 Å². The molecule has 0 spiro atoms. The van der Waals surface area contributed by atoms with Crippen LogP contribution in [0.3, 0.4) is 0 Å². The molecule has 3 aliphatic rings. The van der Waals surface area contributed by atoms with Gasteiger partial charge in [-0.2, -0.15) is 0 Å². The molecule has 3 rings (SSSR count). The fourth-order valence-electron chi connectivity index (χ4n) is 2.80. The molecular weight excluding hydrogens is 184 g/mol. The molecule has 2 fully saturated rings. The van der Waals surface area contributed by atoms with E-state index in [0.29, 0.717) is 11.8 Å². The van der Waals surface area contributed by atoms with Gasteiger partial charge in [-0.05, 0) is 36.4 Å². The van der Waals surface area contributed by atoms with Gasteiger partial charge in [-0.15, -0.1) is 0 Å². The minimum atomic E-state index is -0.0725. The summed E-state index contributed by atoms with van der Waals surface area (Å²) in [7, 11) is 0. The van der Waals surface area contributed by atoms with Crippen molar-refractivity contribution in [1.82, 2.24) is 0 Å². The molecule has 0 aromatic heterocycles. The van der Waals surface area contributed by atoms with Crippen LogP contribution in [0.25, 0.3) is 0 Å². The van der Waals surface area contributed by atoms with Crippen molar-refractivity contribution in [1.29, 1.82) is 0 Å². The zero-order valence-corrected chi connectivity index (χ0v) is 8.13. The van der Waals surface area contributed by atoms with Gasteiger partial charge < -0.3 is 4.74 Å². The van der Waals surface area contributed by atoms with Crippen molar-refractivity contribution < 1.29 is 9.53 Å². The Balaban J connectivity index is 1.73. The maximum atomic E-state index is 10.9. The number of rotatable bonds is 1. The fraction of sp³-hybridized carbons (Fsp3) is 0.700. The zero-order valence-electron chi connectivity index (χ0n) is 7.31. The number of cyclic esters (lactones) is 1. The first kappa shape index (κ1) is 7.92. The van der Waals surface area contributed by atoms with Crippen LogP contribution >= 0.6 is 11.8 Å². The Morgan fingerprint density at radius 2 is 2.31 bits per heavy atom. The lowest BCUT2D eigenvalue weighted by atomic mass is 9.89. The summed E-state index contributed by atoms with van der Waals surface area (Å²) in [5.74, 6) is 2.97. The van der Waals surface area contributed by atoms with Gasteiger partial charge in [0, 0.05) is 11.7 Å². The van der Waals surface area contributed by atoms with E-state index in [0.717, 1.165) is 11.7 Å². The molecular formula is C10H12O2S. The van der Waals surface area contributed by atoms with E-state index < -0.39 is 0 Å². The number of ether oxygens (including phenoxy) is 1. The molecule has 4 unspecified atom stereocenters. The molecule has 2 aliphatic carbocycles. The fourth-order valence-corrected chi connectivity index (χ4v) is 3.61. The lowest BCUT2D eigenvalue weighted by molar-refractivity contribution is 0.0957. The average Bonchev–Trinajstić information content (AvgIpc) is 2.77. The molecule has 1 aliphatic heterocycles. The predicted octanol–water partition coefficient (Wildman–Crippen LogP) is 2.45. The van der Waals surface area contributed by atoms with E-state index in [1.54, 1.807) is 0 Å². The molecule has 70 valence electrons. The van der Waals surface area contributed by atoms with Gasteiger partial charge in [0.15, 0.2) is 0 Å². The summed E-state index contributed by atoms with van der Waals surface area (Å²) in [5.41, 5.74) is 0. The van der Waals surface area contributed by atoms with E-state index in [2.05, 4.69) is 12.2 Å².